The zero-order valence-corrected chi connectivity index (χ0v) is 10.2. The van der Waals surface area contributed by atoms with Gasteiger partial charge in [0.05, 0.1) is 22.6 Å². The second-order valence-electron chi connectivity index (χ2n) is 3.49. The smallest absolute Gasteiger partial charge is 0.113 e. The van der Waals surface area contributed by atoms with Gasteiger partial charge in [-0.25, -0.2) is 0 Å². The highest BCUT2D eigenvalue weighted by Crippen LogP contribution is 2.32. The summed E-state index contributed by atoms with van der Waals surface area (Å²) in [4.78, 5) is 0.796. The molecular weight excluding hydrogens is 220 g/mol. The molecule has 80 valence electrons. The molecule has 1 aromatic heterocycles. The fraction of sp³-hybridized carbons (Fsp3) is 0.600. The lowest BCUT2D eigenvalue weighted by atomic mass is 10.2. The van der Waals surface area contributed by atoms with Crippen molar-refractivity contribution in [1.29, 1.82) is 0 Å². The molecule has 0 bridgehead atoms. The Balaban J connectivity index is 2.60. The first-order valence-corrected chi connectivity index (χ1v) is 5.81. The van der Waals surface area contributed by atoms with Gasteiger partial charge in [-0.2, -0.15) is 0 Å². The minimum absolute atomic E-state index is 0.129. The maximum atomic E-state index is 9.76. The second kappa shape index (κ2) is 5.12. The highest BCUT2D eigenvalue weighted by molar-refractivity contribution is 7.10. The van der Waals surface area contributed by atoms with E-state index in [0.29, 0.717) is 11.6 Å². The van der Waals surface area contributed by atoms with Crippen molar-refractivity contribution in [3.05, 3.63) is 20.8 Å². The minimum Gasteiger partial charge on any atom is -0.385 e. The van der Waals surface area contributed by atoms with Gasteiger partial charge in [0.25, 0.3) is 0 Å². The van der Waals surface area contributed by atoms with Crippen LogP contribution < -0.4 is 0 Å². The number of aryl methyl sites for hydroxylation is 1. The number of aliphatic hydroxyl groups excluding tert-OH is 1. The summed E-state index contributed by atoms with van der Waals surface area (Å²) in [5, 5.41) is 12.4. The zero-order chi connectivity index (χ0) is 10.7. The lowest BCUT2D eigenvalue weighted by molar-refractivity contribution is 0.00636. The molecule has 0 saturated carbocycles. The molecule has 0 amide bonds. The lowest BCUT2D eigenvalue weighted by Crippen LogP contribution is -2.11. The van der Waals surface area contributed by atoms with E-state index in [-0.39, 0.29) is 6.10 Å². The number of ether oxygens (including phenoxy) is 1. The Hall–Kier alpha value is -0.0900. The topological polar surface area (TPSA) is 29.5 Å². The highest BCUT2D eigenvalue weighted by Gasteiger charge is 2.15. The van der Waals surface area contributed by atoms with Crippen LogP contribution in [-0.2, 0) is 4.74 Å². The van der Waals surface area contributed by atoms with Crippen molar-refractivity contribution in [2.24, 2.45) is 0 Å². The predicted octanol–water partition coefficient (Wildman–Crippen LogP) is 3.17. The highest BCUT2D eigenvalue weighted by atomic mass is 35.5. The molecular formula is C10H15ClO2S. The van der Waals surface area contributed by atoms with E-state index in [0.717, 1.165) is 10.4 Å². The van der Waals surface area contributed by atoms with Crippen LogP contribution in [0.4, 0.5) is 0 Å². The van der Waals surface area contributed by atoms with E-state index in [4.69, 9.17) is 16.3 Å². The van der Waals surface area contributed by atoms with Gasteiger partial charge in [0.15, 0.2) is 0 Å². The van der Waals surface area contributed by atoms with Gasteiger partial charge in [0, 0.05) is 0 Å². The molecule has 1 aromatic rings. The summed E-state index contributed by atoms with van der Waals surface area (Å²) in [6, 6.07) is 0. The summed E-state index contributed by atoms with van der Waals surface area (Å²) in [6.07, 6.45) is -0.479. The van der Waals surface area contributed by atoms with Crippen LogP contribution in [0.1, 0.15) is 30.4 Å². The molecule has 1 heterocycles. The van der Waals surface area contributed by atoms with Crippen LogP contribution in [0.15, 0.2) is 5.38 Å². The van der Waals surface area contributed by atoms with E-state index in [2.05, 4.69) is 0 Å². The summed E-state index contributed by atoms with van der Waals surface area (Å²) >= 11 is 7.49. The molecule has 0 fully saturated rings. The van der Waals surface area contributed by atoms with Gasteiger partial charge >= 0.3 is 0 Å². The molecule has 1 atom stereocenters. The van der Waals surface area contributed by atoms with Crippen molar-refractivity contribution in [1.82, 2.24) is 0 Å². The molecule has 0 aromatic carbocycles. The molecule has 2 nitrogen and oxygen atoms in total. The van der Waals surface area contributed by atoms with Gasteiger partial charge in [0.2, 0.25) is 0 Å². The summed E-state index contributed by atoms with van der Waals surface area (Å²) in [5.41, 5.74) is 1.01. The van der Waals surface area contributed by atoms with Gasteiger partial charge < -0.3 is 9.84 Å². The lowest BCUT2D eigenvalue weighted by Gasteiger charge is -2.12. The number of hydrogen-bond donors (Lipinski definition) is 1. The quantitative estimate of drug-likeness (QED) is 0.867. The minimum atomic E-state index is -0.608. The number of rotatable bonds is 4. The zero-order valence-electron chi connectivity index (χ0n) is 8.58. The van der Waals surface area contributed by atoms with Crippen LogP contribution >= 0.6 is 22.9 Å². The van der Waals surface area contributed by atoms with E-state index in [9.17, 15) is 5.11 Å². The van der Waals surface area contributed by atoms with Crippen molar-refractivity contribution in [2.45, 2.75) is 33.0 Å². The van der Waals surface area contributed by atoms with Crippen molar-refractivity contribution in [2.75, 3.05) is 6.61 Å². The molecule has 0 aliphatic rings. The molecule has 1 N–H and O–H groups in total. The Morgan fingerprint density at radius 2 is 2.21 bits per heavy atom. The van der Waals surface area contributed by atoms with E-state index in [1.54, 1.807) is 0 Å². The Kier molecular flexibility index (Phi) is 4.38. The third-order valence-electron chi connectivity index (χ3n) is 1.82. The summed E-state index contributed by atoms with van der Waals surface area (Å²) < 4.78 is 5.32. The third-order valence-corrected chi connectivity index (χ3v) is 3.63. The van der Waals surface area contributed by atoms with E-state index >= 15 is 0 Å². The van der Waals surface area contributed by atoms with E-state index in [1.165, 1.54) is 11.3 Å². The number of hydrogen-bond acceptors (Lipinski definition) is 3. The molecule has 0 saturated heterocycles. The molecule has 1 unspecified atom stereocenters. The van der Waals surface area contributed by atoms with Crippen LogP contribution in [0.2, 0.25) is 5.02 Å². The van der Waals surface area contributed by atoms with Gasteiger partial charge in [0.1, 0.15) is 6.10 Å². The Morgan fingerprint density at radius 1 is 1.57 bits per heavy atom. The van der Waals surface area contributed by atoms with Gasteiger partial charge in [-0.3, -0.25) is 0 Å². The standard InChI is InChI=1S/C10H15ClO2S/c1-6(2)13-4-8(12)10-9(11)7(3)5-14-10/h5-6,8,12H,4H2,1-3H3. The molecule has 14 heavy (non-hydrogen) atoms. The average Bonchev–Trinajstić information content (AvgIpc) is 2.44. The van der Waals surface area contributed by atoms with E-state index < -0.39 is 6.10 Å². The Morgan fingerprint density at radius 3 is 2.64 bits per heavy atom. The summed E-state index contributed by atoms with van der Waals surface area (Å²) in [6.45, 7) is 6.11. The predicted molar refractivity (Wildman–Crippen MR) is 60.1 cm³/mol. The van der Waals surface area contributed by atoms with Gasteiger partial charge in [-0.05, 0) is 31.7 Å². The van der Waals surface area contributed by atoms with Crippen molar-refractivity contribution >= 4 is 22.9 Å². The van der Waals surface area contributed by atoms with Crippen LogP contribution in [0, 0.1) is 6.92 Å². The first-order chi connectivity index (χ1) is 6.52. The molecule has 1 rings (SSSR count). The normalized spacial score (nSPS) is 13.6. The van der Waals surface area contributed by atoms with Gasteiger partial charge in [-0.15, -0.1) is 11.3 Å². The molecule has 0 spiro atoms. The maximum absolute atomic E-state index is 9.76. The average molecular weight is 235 g/mol. The summed E-state index contributed by atoms with van der Waals surface area (Å²) in [7, 11) is 0. The van der Waals surface area contributed by atoms with E-state index in [1.807, 2.05) is 26.2 Å². The van der Waals surface area contributed by atoms with Crippen molar-refractivity contribution < 1.29 is 9.84 Å². The monoisotopic (exact) mass is 234 g/mol. The Bertz CT molecular complexity index is 296. The molecule has 0 radical (unpaired) electrons. The number of thiophene rings is 1. The van der Waals surface area contributed by atoms with Gasteiger partial charge in [-0.1, -0.05) is 11.6 Å². The SMILES string of the molecule is Cc1csc(C(O)COC(C)C)c1Cl. The largest absolute Gasteiger partial charge is 0.385 e. The van der Waals surface area contributed by atoms with Crippen LogP contribution in [0.5, 0.6) is 0 Å². The third kappa shape index (κ3) is 2.95. The second-order valence-corrected chi connectivity index (χ2v) is 4.78. The first-order valence-electron chi connectivity index (χ1n) is 4.55. The van der Waals surface area contributed by atoms with Crippen LogP contribution in [-0.4, -0.2) is 17.8 Å². The number of halogens is 1. The fourth-order valence-electron chi connectivity index (χ4n) is 1.03. The van der Waals surface area contributed by atoms with Crippen LogP contribution in [0.25, 0.3) is 0 Å². The summed E-state index contributed by atoms with van der Waals surface area (Å²) in [5.74, 6) is 0. The van der Waals surface area contributed by atoms with Crippen LogP contribution in [0.3, 0.4) is 0 Å². The maximum Gasteiger partial charge on any atom is 0.113 e. The molecule has 0 aliphatic carbocycles. The number of aliphatic hydroxyl groups is 1. The molecule has 4 heteroatoms. The van der Waals surface area contributed by atoms with Crippen molar-refractivity contribution in [3.63, 3.8) is 0 Å². The fourth-order valence-corrected chi connectivity index (χ4v) is 2.32. The first kappa shape index (κ1) is 12.0. The molecule has 0 aliphatic heterocycles. The van der Waals surface area contributed by atoms with Crippen molar-refractivity contribution in [3.8, 4) is 0 Å². The Labute approximate surface area is 93.5 Å².